The number of hydrogen-bond donors (Lipinski definition) is 1. The first-order valence-electron chi connectivity index (χ1n) is 7.96. The molecule has 1 unspecified atom stereocenters. The number of amides is 2. The van der Waals surface area contributed by atoms with Gasteiger partial charge in [-0.15, -0.1) is 0 Å². The van der Waals surface area contributed by atoms with Crippen molar-refractivity contribution in [2.24, 2.45) is 5.92 Å². The van der Waals surface area contributed by atoms with E-state index in [9.17, 15) is 14.7 Å². The molecule has 2 amide bonds. The van der Waals surface area contributed by atoms with Gasteiger partial charge in [-0.3, -0.25) is 9.59 Å². The Hall–Kier alpha value is -1.88. The van der Waals surface area contributed by atoms with Crippen molar-refractivity contribution in [3.05, 3.63) is 35.9 Å². The van der Waals surface area contributed by atoms with Crippen LogP contribution in [-0.4, -0.2) is 59.0 Å². The van der Waals surface area contributed by atoms with E-state index in [0.29, 0.717) is 38.2 Å². The number of nitrogens with zero attached hydrogens (tertiary/aromatic N) is 2. The van der Waals surface area contributed by atoms with Crippen LogP contribution in [0.5, 0.6) is 0 Å². The molecule has 2 fully saturated rings. The topological polar surface area (TPSA) is 60.9 Å². The van der Waals surface area contributed by atoms with Crippen LogP contribution in [0.2, 0.25) is 0 Å². The van der Waals surface area contributed by atoms with Crippen molar-refractivity contribution >= 4 is 11.8 Å². The van der Waals surface area contributed by atoms with Crippen LogP contribution in [-0.2, 0) is 4.79 Å². The highest BCUT2D eigenvalue weighted by Crippen LogP contribution is 2.22. The van der Waals surface area contributed by atoms with Crippen molar-refractivity contribution in [2.45, 2.75) is 25.4 Å². The molecule has 118 valence electrons. The summed E-state index contributed by atoms with van der Waals surface area (Å²) in [5, 5.41) is 9.58. The van der Waals surface area contributed by atoms with Crippen LogP contribution in [0.4, 0.5) is 0 Å². The van der Waals surface area contributed by atoms with E-state index in [1.807, 2.05) is 30.3 Å². The summed E-state index contributed by atoms with van der Waals surface area (Å²) in [5.74, 6) is -0.0478. The Morgan fingerprint density at radius 2 is 1.77 bits per heavy atom. The molecule has 0 aliphatic carbocycles. The number of hydrogen-bond acceptors (Lipinski definition) is 3. The molecule has 1 N–H and O–H groups in total. The molecule has 0 saturated carbocycles. The highest BCUT2D eigenvalue weighted by Gasteiger charge is 2.34. The molecule has 2 aliphatic heterocycles. The van der Waals surface area contributed by atoms with Gasteiger partial charge < -0.3 is 14.9 Å². The van der Waals surface area contributed by atoms with Gasteiger partial charge in [-0.25, -0.2) is 0 Å². The second-order valence-corrected chi connectivity index (χ2v) is 6.18. The maximum Gasteiger partial charge on any atom is 0.253 e. The highest BCUT2D eigenvalue weighted by atomic mass is 16.3. The SMILES string of the molecule is O=C(c1ccccc1)N1CCCC(C(=O)N2CC[C@@H](O)C2)C1. The van der Waals surface area contributed by atoms with Crippen LogP contribution in [0.1, 0.15) is 29.6 Å². The molecule has 1 aromatic rings. The number of rotatable bonds is 2. The fourth-order valence-electron chi connectivity index (χ4n) is 3.33. The van der Waals surface area contributed by atoms with Crippen LogP contribution in [0, 0.1) is 5.92 Å². The van der Waals surface area contributed by atoms with Crippen molar-refractivity contribution < 1.29 is 14.7 Å². The molecule has 5 heteroatoms. The van der Waals surface area contributed by atoms with Gasteiger partial charge in [-0.2, -0.15) is 0 Å². The summed E-state index contributed by atoms with van der Waals surface area (Å²) >= 11 is 0. The summed E-state index contributed by atoms with van der Waals surface area (Å²) in [6, 6.07) is 9.21. The maximum atomic E-state index is 12.5. The van der Waals surface area contributed by atoms with Gasteiger partial charge in [0.25, 0.3) is 5.91 Å². The maximum absolute atomic E-state index is 12.5. The van der Waals surface area contributed by atoms with E-state index >= 15 is 0 Å². The summed E-state index contributed by atoms with van der Waals surface area (Å²) in [4.78, 5) is 28.6. The molecule has 5 nitrogen and oxygen atoms in total. The lowest BCUT2D eigenvalue weighted by Gasteiger charge is -2.34. The van der Waals surface area contributed by atoms with Gasteiger partial charge in [0, 0.05) is 31.7 Å². The van der Waals surface area contributed by atoms with E-state index in [1.54, 1.807) is 9.80 Å². The summed E-state index contributed by atoms with van der Waals surface area (Å²) < 4.78 is 0. The van der Waals surface area contributed by atoms with Crippen LogP contribution < -0.4 is 0 Å². The monoisotopic (exact) mass is 302 g/mol. The molecule has 2 saturated heterocycles. The summed E-state index contributed by atoms with van der Waals surface area (Å²) in [6.07, 6.45) is 1.94. The predicted molar refractivity (Wildman–Crippen MR) is 82.3 cm³/mol. The van der Waals surface area contributed by atoms with Gasteiger partial charge in [0.2, 0.25) is 5.91 Å². The van der Waals surface area contributed by atoms with Gasteiger partial charge in [0.15, 0.2) is 0 Å². The lowest BCUT2D eigenvalue weighted by molar-refractivity contribution is -0.136. The second kappa shape index (κ2) is 6.48. The number of aliphatic hydroxyl groups is 1. The molecule has 2 aliphatic rings. The molecule has 0 aromatic heterocycles. The van der Waals surface area contributed by atoms with Crippen molar-refractivity contribution in [3.8, 4) is 0 Å². The van der Waals surface area contributed by atoms with Crippen LogP contribution in [0.15, 0.2) is 30.3 Å². The van der Waals surface area contributed by atoms with E-state index < -0.39 is 6.10 Å². The fraction of sp³-hybridized carbons (Fsp3) is 0.529. The van der Waals surface area contributed by atoms with E-state index in [0.717, 1.165) is 12.8 Å². The molecule has 0 spiro atoms. The van der Waals surface area contributed by atoms with Gasteiger partial charge in [0.1, 0.15) is 0 Å². The van der Waals surface area contributed by atoms with E-state index in [2.05, 4.69) is 0 Å². The third-order valence-electron chi connectivity index (χ3n) is 4.55. The van der Waals surface area contributed by atoms with E-state index in [1.165, 1.54) is 0 Å². The van der Waals surface area contributed by atoms with Crippen molar-refractivity contribution in [1.82, 2.24) is 9.80 Å². The standard InChI is InChI=1S/C17H22N2O3/c20-15-8-10-19(12-15)17(22)14-7-4-9-18(11-14)16(21)13-5-2-1-3-6-13/h1-3,5-6,14-15,20H,4,7-12H2/t14?,15-/m1/s1. The second-order valence-electron chi connectivity index (χ2n) is 6.18. The average molecular weight is 302 g/mol. The summed E-state index contributed by atoms with van der Waals surface area (Å²) in [7, 11) is 0. The molecule has 1 aromatic carbocycles. The first kappa shape index (κ1) is 15.0. The number of likely N-dealkylation sites (tertiary alicyclic amines) is 2. The molecule has 2 atom stereocenters. The first-order chi connectivity index (χ1) is 10.6. The highest BCUT2D eigenvalue weighted by molar-refractivity contribution is 5.94. The Morgan fingerprint density at radius 3 is 2.45 bits per heavy atom. The number of piperidine rings is 1. The van der Waals surface area contributed by atoms with Crippen LogP contribution >= 0.6 is 0 Å². The Bertz CT molecular complexity index is 546. The summed E-state index contributed by atoms with van der Waals surface area (Å²) in [5.41, 5.74) is 0.673. The third kappa shape index (κ3) is 3.14. The molecule has 2 heterocycles. The number of benzene rings is 1. The van der Waals surface area contributed by atoms with Gasteiger partial charge in [0.05, 0.1) is 12.0 Å². The van der Waals surface area contributed by atoms with Crippen molar-refractivity contribution in [1.29, 1.82) is 0 Å². The molecule has 0 radical (unpaired) electrons. The first-order valence-corrected chi connectivity index (χ1v) is 7.96. The van der Waals surface area contributed by atoms with Crippen molar-refractivity contribution in [3.63, 3.8) is 0 Å². The predicted octanol–water partition coefficient (Wildman–Crippen LogP) is 1.13. The Morgan fingerprint density at radius 1 is 1.00 bits per heavy atom. The Kier molecular flexibility index (Phi) is 4.43. The zero-order valence-electron chi connectivity index (χ0n) is 12.6. The smallest absolute Gasteiger partial charge is 0.253 e. The zero-order chi connectivity index (χ0) is 15.5. The van der Waals surface area contributed by atoms with E-state index in [4.69, 9.17) is 0 Å². The molecule has 0 bridgehead atoms. The number of carbonyl (C=O) groups is 2. The molecule has 22 heavy (non-hydrogen) atoms. The number of carbonyl (C=O) groups excluding carboxylic acids is 2. The summed E-state index contributed by atoms with van der Waals surface area (Å²) in [6.45, 7) is 2.25. The molecular formula is C17H22N2O3. The van der Waals surface area contributed by atoms with Crippen LogP contribution in [0.3, 0.4) is 0 Å². The lowest BCUT2D eigenvalue weighted by Crippen LogP contribution is -2.46. The normalized spacial score (nSPS) is 25.3. The minimum absolute atomic E-state index is 0.000410. The Labute approximate surface area is 130 Å². The van der Waals surface area contributed by atoms with Gasteiger partial charge in [-0.05, 0) is 31.4 Å². The Balaban J connectivity index is 1.64. The zero-order valence-corrected chi connectivity index (χ0v) is 12.6. The number of β-amino-alcohol motifs (C(OH)–C–C–N with tert-alkyl or cyclic N) is 1. The van der Waals surface area contributed by atoms with Crippen molar-refractivity contribution in [2.75, 3.05) is 26.2 Å². The van der Waals surface area contributed by atoms with E-state index in [-0.39, 0.29) is 17.7 Å². The lowest BCUT2D eigenvalue weighted by atomic mass is 9.96. The quantitative estimate of drug-likeness (QED) is 0.891. The molecule has 3 rings (SSSR count). The average Bonchev–Trinajstić information content (AvgIpc) is 3.01. The van der Waals surface area contributed by atoms with Gasteiger partial charge in [-0.1, -0.05) is 18.2 Å². The largest absolute Gasteiger partial charge is 0.391 e. The fourth-order valence-corrected chi connectivity index (χ4v) is 3.33. The molecular weight excluding hydrogens is 280 g/mol. The minimum Gasteiger partial charge on any atom is -0.391 e. The minimum atomic E-state index is -0.394. The number of aliphatic hydroxyl groups excluding tert-OH is 1. The van der Waals surface area contributed by atoms with Gasteiger partial charge >= 0.3 is 0 Å². The van der Waals surface area contributed by atoms with Crippen LogP contribution in [0.25, 0.3) is 0 Å². The third-order valence-corrected chi connectivity index (χ3v) is 4.55.